The van der Waals surface area contributed by atoms with Gasteiger partial charge in [-0.15, -0.1) is 0 Å². The summed E-state index contributed by atoms with van der Waals surface area (Å²) in [4.78, 5) is 25.9. The molecule has 0 aromatic rings. The summed E-state index contributed by atoms with van der Waals surface area (Å²) in [6, 6.07) is -0.696. The quantitative estimate of drug-likeness (QED) is 0.0327. The van der Waals surface area contributed by atoms with Crippen LogP contribution in [0.4, 0.5) is 0 Å². The molecule has 0 rings (SSSR count). The molecule has 0 bridgehead atoms. The number of aliphatic hydroxyl groups is 2. The van der Waals surface area contributed by atoms with Gasteiger partial charge in [0.25, 0.3) is 0 Å². The van der Waals surface area contributed by atoms with Crippen LogP contribution in [0.15, 0.2) is 24.3 Å². The number of unbranched alkanes of at least 4 members (excludes halogenated alkanes) is 26. The maximum Gasteiger partial charge on any atom is 0.306 e. The van der Waals surface area contributed by atoms with E-state index in [4.69, 9.17) is 4.74 Å². The Morgan fingerprint density at radius 2 is 1.00 bits per heavy atom. The summed E-state index contributed by atoms with van der Waals surface area (Å²) in [5.41, 5.74) is 0. The molecule has 0 spiro atoms. The van der Waals surface area contributed by atoms with Gasteiger partial charge < -0.3 is 20.3 Å². The number of carbonyl (C=O) groups is 2. The van der Waals surface area contributed by atoms with Crippen LogP contribution in [0.1, 0.15) is 245 Å². The Balaban J connectivity index is 4.45. The molecule has 318 valence electrons. The van der Waals surface area contributed by atoms with Crippen LogP contribution in [0, 0.1) is 0 Å². The molecule has 0 saturated carbocycles. The van der Waals surface area contributed by atoms with E-state index in [0.717, 1.165) is 64.2 Å². The molecule has 1 amide bonds. The zero-order valence-electron chi connectivity index (χ0n) is 36.1. The normalized spacial score (nSPS) is 13.5. The van der Waals surface area contributed by atoms with Crippen molar-refractivity contribution in [3.8, 4) is 0 Å². The van der Waals surface area contributed by atoms with Gasteiger partial charge in [-0.05, 0) is 51.4 Å². The maximum atomic E-state index is 13.1. The second-order valence-electron chi connectivity index (χ2n) is 16.1. The number of esters is 1. The Morgan fingerprint density at radius 3 is 1.50 bits per heavy atom. The van der Waals surface area contributed by atoms with Crippen LogP contribution in [0.2, 0.25) is 0 Å². The lowest BCUT2D eigenvalue weighted by Gasteiger charge is -2.24. The molecule has 0 aromatic carbocycles. The Labute approximate surface area is 335 Å². The molecule has 3 N–H and O–H groups in total. The van der Waals surface area contributed by atoms with E-state index in [1.165, 1.54) is 135 Å². The van der Waals surface area contributed by atoms with Crippen molar-refractivity contribution < 1.29 is 24.5 Å². The van der Waals surface area contributed by atoms with Gasteiger partial charge in [-0.3, -0.25) is 9.59 Å². The fourth-order valence-corrected chi connectivity index (χ4v) is 7.23. The number of ether oxygens (including phenoxy) is 1. The molecule has 0 aliphatic heterocycles. The summed E-state index contributed by atoms with van der Waals surface area (Å²) in [6.07, 6.45) is 46.7. The highest BCUT2D eigenvalue weighted by Gasteiger charge is 2.24. The summed E-state index contributed by atoms with van der Waals surface area (Å²) in [5.74, 6) is -0.478. The molecular weight excluding hydrogens is 671 g/mol. The lowest BCUT2D eigenvalue weighted by Crippen LogP contribution is -2.46. The first-order valence-electron chi connectivity index (χ1n) is 23.6. The van der Waals surface area contributed by atoms with Gasteiger partial charge in [0.1, 0.15) is 6.10 Å². The van der Waals surface area contributed by atoms with Crippen LogP contribution in [-0.4, -0.2) is 46.9 Å². The number of aliphatic hydroxyl groups excluding tert-OH is 2. The van der Waals surface area contributed by atoms with Gasteiger partial charge in [0.2, 0.25) is 5.91 Å². The van der Waals surface area contributed by atoms with Crippen LogP contribution in [0.25, 0.3) is 0 Å². The van der Waals surface area contributed by atoms with Gasteiger partial charge in [0.05, 0.1) is 25.2 Å². The standard InChI is InChI=1S/C48H91NO5/c1-4-7-10-13-16-19-21-23-25-27-29-32-35-38-41-48(53)54-44(39-36-33-30-18-15-12-9-6-3)42-47(52)49-45(43-50)46(51)40-37-34-31-28-26-24-22-20-17-14-11-8-5-2/h7,10,16,19,44-46,50-51H,4-6,8-9,11-15,17-18,20-43H2,1-3H3,(H,49,52)/b10-7+,19-16+. The minimum absolute atomic E-state index is 0.0782. The van der Waals surface area contributed by atoms with Gasteiger partial charge >= 0.3 is 5.97 Å². The minimum atomic E-state index is -0.782. The van der Waals surface area contributed by atoms with Gasteiger partial charge in [0.15, 0.2) is 0 Å². The fraction of sp³-hybridized carbons (Fsp3) is 0.875. The van der Waals surface area contributed by atoms with Crippen molar-refractivity contribution in [2.75, 3.05) is 6.61 Å². The van der Waals surface area contributed by atoms with Crippen LogP contribution < -0.4 is 5.32 Å². The highest BCUT2D eigenvalue weighted by Crippen LogP contribution is 2.18. The van der Waals surface area contributed by atoms with Gasteiger partial charge in [-0.2, -0.15) is 0 Å². The van der Waals surface area contributed by atoms with Crippen molar-refractivity contribution in [2.45, 2.75) is 264 Å². The second-order valence-corrected chi connectivity index (χ2v) is 16.1. The van der Waals surface area contributed by atoms with Crippen molar-refractivity contribution in [1.82, 2.24) is 5.32 Å². The number of hydrogen-bond acceptors (Lipinski definition) is 5. The zero-order valence-corrected chi connectivity index (χ0v) is 36.1. The van der Waals surface area contributed by atoms with Crippen molar-refractivity contribution in [3.05, 3.63) is 24.3 Å². The Morgan fingerprint density at radius 1 is 0.556 bits per heavy atom. The molecule has 0 saturated heterocycles. The predicted octanol–water partition coefficient (Wildman–Crippen LogP) is 13.6. The molecule has 0 fully saturated rings. The largest absolute Gasteiger partial charge is 0.462 e. The molecule has 0 aliphatic carbocycles. The Kier molecular flexibility index (Phi) is 41.2. The van der Waals surface area contributed by atoms with E-state index in [0.29, 0.717) is 19.3 Å². The summed E-state index contributed by atoms with van der Waals surface area (Å²) in [7, 11) is 0. The van der Waals surface area contributed by atoms with E-state index in [9.17, 15) is 19.8 Å². The number of allylic oxidation sites excluding steroid dienone is 4. The monoisotopic (exact) mass is 762 g/mol. The predicted molar refractivity (Wildman–Crippen MR) is 232 cm³/mol. The first-order valence-corrected chi connectivity index (χ1v) is 23.6. The van der Waals surface area contributed by atoms with Crippen LogP contribution in [0.5, 0.6) is 0 Å². The van der Waals surface area contributed by atoms with Gasteiger partial charge in [0, 0.05) is 6.42 Å². The molecule has 3 unspecified atom stereocenters. The van der Waals surface area contributed by atoms with Gasteiger partial charge in [-0.25, -0.2) is 0 Å². The fourth-order valence-electron chi connectivity index (χ4n) is 7.23. The van der Waals surface area contributed by atoms with E-state index in [1.54, 1.807) is 0 Å². The molecule has 3 atom stereocenters. The Bertz CT molecular complexity index is 858. The first-order chi connectivity index (χ1) is 26.5. The molecular formula is C48H91NO5. The number of hydrogen-bond donors (Lipinski definition) is 3. The average molecular weight is 762 g/mol. The summed E-state index contributed by atoms with van der Waals surface area (Å²) >= 11 is 0. The van der Waals surface area contributed by atoms with E-state index in [1.807, 2.05) is 0 Å². The van der Waals surface area contributed by atoms with Crippen LogP contribution in [-0.2, 0) is 14.3 Å². The number of nitrogens with one attached hydrogen (secondary N) is 1. The average Bonchev–Trinajstić information content (AvgIpc) is 3.16. The Hall–Kier alpha value is -1.66. The van der Waals surface area contributed by atoms with E-state index >= 15 is 0 Å². The highest BCUT2D eigenvalue weighted by molar-refractivity contribution is 5.77. The highest BCUT2D eigenvalue weighted by atomic mass is 16.5. The zero-order chi connectivity index (χ0) is 39.6. The summed E-state index contributed by atoms with van der Waals surface area (Å²) in [6.45, 7) is 6.35. The lowest BCUT2D eigenvalue weighted by atomic mass is 10.0. The van der Waals surface area contributed by atoms with Crippen LogP contribution >= 0.6 is 0 Å². The molecule has 6 heteroatoms. The lowest BCUT2D eigenvalue weighted by molar-refractivity contribution is -0.151. The molecule has 0 heterocycles. The molecule has 6 nitrogen and oxygen atoms in total. The van der Waals surface area contributed by atoms with E-state index < -0.39 is 18.2 Å². The number of amides is 1. The third-order valence-corrected chi connectivity index (χ3v) is 10.8. The van der Waals surface area contributed by atoms with Gasteiger partial charge in [-0.1, -0.05) is 206 Å². The summed E-state index contributed by atoms with van der Waals surface area (Å²) < 4.78 is 5.89. The SMILES string of the molecule is CC/C=C/C/C=C/CCCCCCCCCC(=O)OC(CCCCCCCCCC)CC(=O)NC(CO)C(O)CCCCCCCCCCCCCCC. The minimum Gasteiger partial charge on any atom is -0.462 e. The van der Waals surface area contributed by atoms with Crippen molar-refractivity contribution in [1.29, 1.82) is 0 Å². The van der Waals surface area contributed by atoms with Crippen molar-refractivity contribution in [3.63, 3.8) is 0 Å². The third kappa shape index (κ3) is 37.3. The molecule has 0 radical (unpaired) electrons. The first kappa shape index (κ1) is 52.3. The second kappa shape index (κ2) is 42.5. The van der Waals surface area contributed by atoms with E-state index in [2.05, 4.69) is 50.4 Å². The molecule has 0 aliphatic rings. The van der Waals surface area contributed by atoms with Crippen molar-refractivity contribution >= 4 is 11.9 Å². The smallest absolute Gasteiger partial charge is 0.306 e. The number of rotatable bonds is 42. The summed E-state index contributed by atoms with van der Waals surface area (Å²) in [5, 5.41) is 23.6. The topological polar surface area (TPSA) is 95.9 Å². The van der Waals surface area contributed by atoms with Crippen molar-refractivity contribution in [2.24, 2.45) is 0 Å². The number of carbonyl (C=O) groups excluding carboxylic acids is 2. The third-order valence-electron chi connectivity index (χ3n) is 10.8. The van der Waals surface area contributed by atoms with Crippen LogP contribution in [0.3, 0.4) is 0 Å². The maximum absolute atomic E-state index is 13.1. The molecule has 54 heavy (non-hydrogen) atoms. The molecule has 0 aromatic heterocycles. The van der Waals surface area contributed by atoms with E-state index in [-0.39, 0.29) is 24.9 Å².